The molecule has 0 amide bonds. The van der Waals surface area contributed by atoms with Crippen LogP contribution in [0.15, 0.2) is 18.2 Å². The second-order valence-electron chi connectivity index (χ2n) is 4.96. The van der Waals surface area contributed by atoms with Gasteiger partial charge in [-0.2, -0.15) is 0 Å². The van der Waals surface area contributed by atoms with Crippen molar-refractivity contribution in [3.63, 3.8) is 0 Å². The summed E-state index contributed by atoms with van der Waals surface area (Å²) in [6, 6.07) is 4.51. The van der Waals surface area contributed by atoms with Crippen LogP contribution >= 0.6 is 11.6 Å². The molecule has 0 atom stereocenters. The lowest BCUT2D eigenvalue weighted by Gasteiger charge is -2.23. The van der Waals surface area contributed by atoms with Gasteiger partial charge in [0.25, 0.3) is 0 Å². The van der Waals surface area contributed by atoms with Crippen molar-refractivity contribution in [1.29, 1.82) is 0 Å². The Bertz CT molecular complexity index is 399. The van der Waals surface area contributed by atoms with Crippen LogP contribution in [0.5, 0.6) is 0 Å². The molecule has 1 aromatic rings. The Morgan fingerprint density at radius 2 is 2.06 bits per heavy atom. The van der Waals surface area contributed by atoms with Crippen LogP contribution in [0, 0.1) is 11.2 Å². The molecule has 0 bridgehead atoms. The summed E-state index contributed by atoms with van der Waals surface area (Å²) in [4.78, 5) is 11.1. The second kappa shape index (κ2) is 4.96. The average Bonchev–Trinajstić information content (AvgIpc) is 2.08. The van der Waals surface area contributed by atoms with E-state index >= 15 is 0 Å². The molecule has 0 aliphatic rings. The number of rotatable bonds is 4. The van der Waals surface area contributed by atoms with E-state index < -0.39 is 0 Å². The fourth-order valence-electron chi connectivity index (χ4n) is 1.93. The minimum Gasteiger partial charge on any atom is -0.300 e. The first-order chi connectivity index (χ1) is 7.30. The first kappa shape index (κ1) is 13.2. The zero-order chi connectivity index (χ0) is 12.3. The molecule has 0 heterocycles. The molecule has 0 fully saturated rings. The largest absolute Gasteiger partial charge is 0.300 e. The normalized spacial score (nSPS) is 11.6. The van der Waals surface area contributed by atoms with E-state index in [1.807, 2.05) is 13.8 Å². The van der Waals surface area contributed by atoms with Crippen molar-refractivity contribution < 1.29 is 9.18 Å². The molecule has 1 nitrogen and oxygen atoms in total. The molecule has 0 unspecified atom stereocenters. The number of ketones is 1. The summed E-state index contributed by atoms with van der Waals surface area (Å²) in [6.45, 7) is 5.46. The molecule has 0 spiro atoms. The summed E-state index contributed by atoms with van der Waals surface area (Å²) in [7, 11) is 0. The maximum Gasteiger partial charge on any atom is 0.130 e. The Morgan fingerprint density at radius 3 is 2.62 bits per heavy atom. The van der Waals surface area contributed by atoms with Gasteiger partial charge in [-0.15, -0.1) is 0 Å². The van der Waals surface area contributed by atoms with Gasteiger partial charge in [0.05, 0.1) is 0 Å². The van der Waals surface area contributed by atoms with Crippen LogP contribution in [-0.4, -0.2) is 5.78 Å². The topological polar surface area (TPSA) is 17.1 Å². The van der Waals surface area contributed by atoms with Crippen LogP contribution in [0.1, 0.15) is 32.8 Å². The molecular formula is C13H16ClFO. The Kier molecular flexibility index (Phi) is 4.09. The number of benzene rings is 1. The van der Waals surface area contributed by atoms with Crippen molar-refractivity contribution in [3.05, 3.63) is 34.6 Å². The minimum absolute atomic E-state index is 0.118. The summed E-state index contributed by atoms with van der Waals surface area (Å²) in [5, 5.41) is 0.523. The highest BCUT2D eigenvalue weighted by Crippen LogP contribution is 2.28. The lowest BCUT2D eigenvalue weighted by Crippen LogP contribution is -2.19. The van der Waals surface area contributed by atoms with Gasteiger partial charge in [0.2, 0.25) is 0 Å². The van der Waals surface area contributed by atoms with E-state index in [2.05, 4.69) is 0 Å². The molecule has 88 valence electrons. The third-order valence-electron chi connectivity index (χ3n) is 2.40. The van der Waals surface area contributed by atoms with Crippen molar-refractivity contribution in [1.82, 2.24) is 0 Å². The molecular weight excluding hydrogens is 227 g/mol. The predicted octanol–water partition coefficient (Wildman–Crippen LogP) is 4.03. The van der Waals surface area contributed by atoms with Crippen LogP contribution in [0.4, 0.5) is 4.39 Å². The van der Waals surface area contributed by atoms with Gasteiger partial charge in [-0.3, -0.25) is 0 Å². The van der Waals surface area contributed by atoms with E-state index in [-0.39, 0.29) is 17.0 Å². The second-order valence-corrected chi connectivity index (χ2v) is 5.39. The molecule has 0 radical (unpaired) electrons. The third kappa shape index (κ3) is 3.93. The maximum atomic E-state index is 13.5. The maximum absolute atomic E-state index is 13.5. The van der Waals surface area contributed by atoms with Crippen molar-refractivity contribution in [2.45, 2.75) is 33.6 Å². The van der Waals surface area contributed by atoms with Gasteiger partial charge in [-0.25, -0.2) is 4.39 Å². The van der Waals surface area contributed by atoms with E-state index in [0.717, 1.165) is 0 Å². The van der Waals surface area contributed by atoms with Crippen LogP contribution in [0.25, 0.3) is 0 Å². The number of hydrogen-bond acceptors (Lipinski definition) is 1. The van der Waals surface area contributed by atoms with Gasteiger partial charge < -0.3 is 4.79 Å². The van der Waals surface area contributed by atoms with Gasteiger partial charge in [-0.05, 0) is 42.5 Å². The highest BCUT2D eigenvalue weighted by molar-refractivity contribution is 6.30. The fraction of sp³-hybridized carbons (Fsp3) is 0.462. The van der Waals surface area contributed by atoms with Crippen LogP contribution in [0.2, 0.25) is 5.02 Å². The van der Waals surface area contributed by atoms with Gasteiger partial charge in [0, 0.05) is 11.4 Å². The lowest BCUT2D eigenvalue weighted by atomic mass is 9.81. The molecule has 0 N–H and O–H groups in total. The zero-order valence-electron chi connectivity index (χ0n) is 9.81. The van der Waals surface area contributed by atoms with Gasteiger partial charge in [-0.1, -0.05) is 25.4 Å². The Morgan fingerprint density at radius 1 is 1.44 bits per heavy atom. The van der Waals surface area contributed by atoms with E-state index in [1.165, 1.54) is 12.1 Å². The number of hydrogen-bond donors (Lipinski definition) is 0. The summed E-state index contributed by atoms with van der Waals surface area (Å²) in [5.74, 6) is -0.145. The number of halogens is 2. The molecule has 3 heteroatoms. The molecule has 0 aliphatic heterocycles. The van der Waals surface area contributed by atoms with Crippen LogP contribution in [-0.2, 0) is 11.2 Å². The number of Topliss-reactive ketones (excluding diaryl/α,β-unsaturated/α-hetero) is 1. The van der Waals surface area contributed by atoms with E-state index in [1.54, 1.807) is 13.0 Å². The monoisotopic (exact) mass is 242 g/mol. The Labute approximate surface area is 101 Å². The fourth-order valence-corrected chi connectivity index (χ4v) is 2.13. The molecule has 1 rings (SSSR count). The third-order valence-corrected chi connectivity index (χ3v) is 2.64. The van der Waals surface area contributed by atoms with Crippen LogP contribution in [0.3, 0.4) is 0 Å². The summed E-state index contributed by atoms with van der Waals surface area (Å²) in [6.07, 6.45) is 0.956. The van der Waals surface area contributed by atoms with Gasteiger partial charge in [0.15, 0.2) is 0 Å². The average molecular weight is 243 g/mol. The van der Waals surface area contributed by atoms with E-state index in [4.69, 9.17) is 11.6 Å². The number of carbonyl (C=O) groups is 1. The highest BCUT2D eigenvalue weighted by Gasteiger charge is 2.22. The van der Waals surface area contributed by atoms with Crippen molar-refractivity contribution in [3.8, 4) is 0 Å². The molecule has 0 aromatic heterocycles. The van der Waals surface area contributed by atoms with Crippen molar-refractivity contribution in [2.75, 3.05) is 0 Å². The quantitative estimate of drug-likeness (QED) is 0.779. The molecule has 0 aliphatic carbocycles. The lowest BCUT2D eigenvalue weighted by molar-refractivity contribution is -0.118. The highest BCUT2D eigenvalue weighted by atomic mass is 35.5. The molecule has 1 aromatic carbocycles. The molecule has 0 saturated heterocycles. The first-order valence-corrected chi connectivity index (χ1v) is 5.61. The molecule has 0 saturated carbocycles. The Hall–Kier alpha value is -0.890. The van der Waals surface area contributed by atoms with E-state index in [0.29, 0.717) is 23.4 Å². The number of carbonyl (C=O) groups excluding carboxylic acids is 1. The molecule has 16 heavy (non-hydrogen) atoms. The minimum atomic E-state index is -0.263. The smallest absolute Gasteiger partial charge is 0.130 e. The summed E-state index contributed by atoms with van der Waals surface area (Å²) >= 11 is 5.82. The first-order valence-electron chi connectivity index (χ1n) is 5.23. The van der Waals surface area contributed by atoms with Gasteiger partial charge >= 0.3 is 0 Å². The Balaban J connectivity index is 2.86. The zero-order valence-corrected chi connectivity index (χ0v) is 10.6. The standard InChI is InChI=1S/C13H16ClFO/c1-9(16)7-13(2,3)8-10-6-11(14)4-5-12(10)15/h4-6H,7-8H2,1-3H3. The SMILES string of the molecule is CC(=O)CC(C)(C)Cc1cc(Cl)ccc1F. The van der Waals surface area contributed by atoms with E-state index in [9.17, 15) is 9.18 Å². The van der Waals surface area contributed by atoms with Gasteiger partial charge in [0.1, 0.15) is 11.6 Å². The van der Waals surface area contributed by atoms with Crippen LogP contribution < -0.4 is 0 Å². The summed E-state index contributed by atoms with van der Waals surface area (Å²) < 4.78 is 13.5. The summed E-state index contributed by atoms with van der Waals surface area (Å²) in [5.41, 5.74) is 0.330. The van der Waals surface area contributed by atoms with Crippen molar-refractivity contribution >= 4 is 17.4 Å². The van der Waals surface area contributed by atoms with Crippen molar-refractivity contribution in [2.24, 2.45) is 5.41 Å². The predicted molar refractivity (Wildman–Crippen MR) is 64.2 cm³/mol.